The van der Waals surface area contributed by atoms with Crippen LogP contribution in [0, 0.1) is 0 Å². The van der Waals surface area contributed by atoms with E-state index in [-0.39, 0.29) is 12.4 Å². The Bertz CT molecular complexity index is 926. The molecule has 2 aromatic carbocycles. The summed E-state index contributed by atoms with van der Waals surface area (Å²) in [6, 6.07) is 16.3. The number of nitrogens with one attached hydrogen (secondary N) is 2. The van der Waals surface area contributed by atoms with Gasteiger partial charge < -0.3 is 25.8 Å². The Labute approximate surface area is 196 Å². The summed E-state index contributed by atoms with van der Waals surface area (Å²) < 4.78 is 9.87. The Morgan fingerprint density at radius 3 is 2.09 bits per heavy atom. The molecule has 0 spiro atoms. The van der Waals surface area contributed by atoms with Gasteiger partial charge in [-0.2, -0.15) is 11.8 Å². The van der Waals surface area contributed by atoms with Crippen LogP contribution >= 0.6 is 11.8 Å². The highest BCUT2D eigenvalue weighted by molar-refractivity contribution is 7.98. The van der Waals surface area contributed by atoms with E-state index in [1.807, 2.05) is 36.4 Å². The quantitative estimate of drug-likeness (QED) is 0.399. The molecule has 4 N–H and O–H groups in total. The van der Waals surface area contributed by atoms with E-state index >= 15 is 0 Å². The summed E-state index contributed by atoms with van der Waals surface area (Å²) in [6.45, 7) is -0.0154. The standard InChI is InChI=1S/C23H27N3O6S/c1-31-22(29)19(15-33-14-17-10-6-3-7-11-17)25-21(28)18(12-20(24)27)26-23(30)32-13-16-8-4-2-5-9-16/h2-11,18-19H,12-15H2,1H3,(H2,24,27)(H,25,28)(H,26,30). The molecular weight excluding hydrogens is 446 g/mol. The van der Waals surface area contributed by atoms with Gasteiger partial charge in [-0.15, -0.1) is 0 Å². The van der Waals surface area contributed by atoms with Crippen LogP contribution in [0.5, 0.6) is 0 Å². The third-order valence-corrected chi connectivity index (χ3v) is 5.53. The molecule has 0 radical (unpaired) electrons. The van der Waals surface area contributed by atoms with Gasteiger partial charge in [-0.25, -0.2) is 9.59 Å². The summed E-state index contributed by atoms with van der Waals surface area (Å²) in [5, 5.41) is 4.86. The first-order chi connectivity index (χ1) is 15.9. The lowest BCUT2D eigenvalue weighted by Gasteiger charge is -2.21. The Kier molecular flexibility index (Phi) is 10.8. The SMILES string of the molecule is COC(=O)C(CSCc1ccccc1)NC(=O)C(CC(N)=O)NC(=O)OCc1ccccc1. The van der Waals surface area contributed by atoms with Crippen LogP contribution < -0.4 is 16.4 Å². The Hall–Kier alpha value is -3.53. The monoisotopic (exact) mass is 473 g/mol. The minimum absolute atomic E-state index is 0.0154. The van der Waals surface area contributed by atoms with Crippen molar-refractivity contribution in [1.82, 2.24) is 10.6 Å². The van der Waals surface area contributed by atoms with Crippen molar-refractivity contribution in [1.29, 1.82) is 0 Å². The van der Waals surface area contributed by atoms with Gasteiger partial charge in [0.25, 0.3) is 0 Å². The zero-order valence-electron chi connectivity index (χ0n) is 18.2. The van der Waals surface area contributed by atoms with E-state index in [9.17, 15) is 19.2 Å². The van der Waals surface area contributed by atoms with Crippen molar-refractivity contribution in [2.45, 2.75) is 30.9 Å². The average Bonchev–Trinajstić information content (AvgIpc) is 2.82. The molecule has 0 bridgehead atoms. The van der Waals surface area contributed by atoms with Crippen LogP contribution in [0.2, 0.25) is 0 Å². The van der Waals surface area contributed by atoms with Crippen LogP contribution in [-0.2, 0) is 36.2 Å². The third kappa shape index (κ3) is 9.65. The van der Waals surface area contributed by atoms with Crippen LogP contribution in [0.3, 0.4) is 0 Å². The predicted octanol–water partition coefficient (Wildman–Crippen LogP) is 1.75. The van der Waals surface area contributed by atoms with E-state index in [4.69, 9.17) is 15.2 Å². The predicted molar refractivity (Wildman–Crippen MR) is 124 cm³/mol. The van der Waals surface area contributed by atoms with Gasteiger partial charge in [0.05, 0.1) is 13.5 Å². The number of hydrogen-bond acceptors (Lipinski definition) is 7. The zero-order valence-corrected chi connectivity index (χ0v) is 19.0. The van der Waals surface area contributed by atoms with Gasteiger partial charge >= 0.3 is 12.1 Å². The second kappa shape index (κ2) is 13.8. The number of amides is 3. The molecule has 0 saturated heterocycles. The van der Waals surface area contributed by atoms with Gasteiger partial charge in [0.2, 0.25) is 11.8 Å². The fraction of sp³-hybridized carbons (Fsp3) is 0.304. The molecule has 176 valence electrons. The number of methoxy groups -OCH3 is 1. The normalized spacial score (nSPS) is 12.2. The highest BCUT2D eigenvalue weighted by Crippen LogP contribution is 2.13. The number of ether oxygens (including phenoxy) is 2. The molecule has 0 aliphatic rings. The van der Waals surface area contributed by atoms with Crippen LogP contribution in [0.4, 0.5) is 4.79 Å². The fourth-order valence-electron chi connectivity index (χ4n) is 2.77. The van der Waals surface area contributed by atoms with Crippen LogP contribution in [0.1, 0.15) is 17.5 Å². The minimum atomic E-state index is -1.31. The summed E-state index contributed by atoms with van der Waals surface area (Å²) in [4.78, 5) is 48.5. The van der Waals surface area contributed by atoms with E-state index in [1.54, 1.807) is 24.3 Å². The lowest BCUT2D eigenvalue weighted by atomic mass is 10.1. The molecule has 0 aliphatic carbocycles. The lowest BCUT2D eigenvalue weighted by Crippen LogP contribution is -2.53. The second-order valence-electron chi connectivity index (χ2n) is 7.01. The molecule has 2 atom stereocenters. The van der Waals surface area contributed by atoms with Crippen molar-refractivity contribution in [3.05, 3.63) is 71.8 Å². The van der Waals surface area contributed by atoms with Crippen molar-refractivity contribution < 1.29 is 28.7 Å². The van der Waals surface area contributed by atoms with Crippen molar-refractivity contribution in [2.75, 3.05) is 12.9 Å². The summed E-state index contributed by atoms with van der Waals surface area (Å²) in [5.74, 6) is -1.34. The molecule has 2 unspecified atom stereocenters. The lowest BCUT2D eigenvalue weighted by molar-refractivity contribution is -0.144. The Morgan fingerprint density at radius 2 is 1.52 bits per heavy atom. The first-order valence-corrected chi connectivity index (χ1v) is 11.3. The number of primary amides is 1. The topological polar surface area (TPSA) is 137 Å². The molecule has 9 nitrogen and oxygen atoms in total. The third-order valence-electron chi connectivity index (χ3n) is 4.42. The van der Waals surface area contributed by atoms with Gasteiger partial charge in [0.1, 0.15) is 18.7 Å². The molecule has 0 saturated carbocycles. The van der Waals surface area contributed by atoms with Gasteiger partial charge in [-0.3, -0.25) is 9.59 Å². The van der Waals surface area contributed by atoms with E-state index in [2.05, 4.69) is 10.6 Å². The molecule has 0 aliphatic heterocycles. The van der Waals surface area contributed by atoms with E-state index in [0.29, 0.717) is 5.75 Å². The zero-order chi connectivity index (χ0) is 24.1. The number of alkyl carbamates (subject to hydrolysis) is 1. The van der Waals surface area contributed by atoms with Gasteiger partial charge in [0.15, 0.2) is 0 Å². The van der Waals surface area contributed by atoms with E-state index < -0.39 is 42.4 Å². The van der Waals surface area contributed by atoms with Crippen molar-refractivity contribution in [3.63, 3.8) is 0 Å². The number of benzene rings is 2. The molecule has 2 rings (SSSR count). The summed E-state index contributed by atoms with van der Waals surface area (Å²) in [6.07, 6.45) is -1.36. The molecule has 0 heterocycles. The summed E-state index contributed by atoms with van der Waals surface area (Å²) in [7, 11) is 1.21. The minimum Gasteiger partial charge on any atom is -0.467 e. The first-order valence-electron chi connectivity index (χ1n) is 10.1. The molecule has 10 heteroatoms. The van der Waals surface area contributed by atoms with Crippen LogP contribution in [0.15, 0.2) is 60.7 Å². The van der Waals surface area contributed by atoms with E-state index in [0.717, 1.165) is 11.1 Å². The van der Waals surface area contributed by atoms with Gasteiger partial charge in [-0.05, 0) is 11.1 Å². The maximum Gasteiger partial charge on any atom is 0.408 e. The molecule has 0 aromatic heterocycles. The largest absolute Gasteiger partial charge is 0.467 e. The average molecular weight is 474 g/mol. The number of carbonyl (C=O) groups is 4. The molecular formula is C23H27N3O6S. The highest BCUT2D eigenvalue weighted by atomic mass is 32.2. The second-order valence-corrected chi connectivity index (χ2v) is 8.04. The Morgan fingerprint density at radius 1 is 0.909 bits per heavy atom. The first kappa shape index (κ1) is 25.7. The van der Waals surface area contributed by atoms with Crippen molar-refractivity contribution >= 4 is 35.6 Å². The van der Waals surface area contributed by atoms with E-state index in [1.165, 1.54) is 18.9 Å². The Balaban J connectivity index is 1.94. The number of rotatable bonds is 12. The smallest absolute Gasteiger partial charge is 0.408 e. The van der Waals surface area contributed by atoms with Crippen LogP contribution in [0.25, 0.3) is 0 Å². The number of hydrogen-bond donors (Lipinski definition) is 3. The number of esters is 1. The summed E-state index contributed by atoms with van der Waals surface area (Å²) >= 11 is 1.43. The highest BCUT2D eigenvalue weighted by Gasteiger charge is 2.29. The van der Waals surface area contributed by atoms with Crippen molar-refractivity contribution in [3.8, 4) is 0 Å². The number of carbonyl (C=O) groups excluding carboxylic acids is 4. The molecule has 0 fully saturated rings. The fourth-order valence-corrected chi connectivity index (χ4v) is 3.77. The van der Waals surface area contributed by atoms with Gasteiger partial charge in [-0.1, -0.05) is 60.7 Å². The number of nitrogens with two attached hydrogens (primary N) is 1. The number of thioether (sulfide) groups is 1. The van der Waals surface area contributed by atoms with Gasteiger partial charge in [0, 0.05) is 11.5 Å². The van der Waals surface area contributed by atoms with Crippen molar-refractivity contribution in [2.24, 2.45) is 5.73 Å². The summed E-state index contributed by atoms with van der Waals surface area (Å²) in [5.41, 5.74) is 7.04. The molecule has 2 aromatic rings. The molecule has 33 heavy (non-hydrogen) atoms. The maximum absolute atomic E-state index is 12.7. The maximum atomic E-state index is 12.7. The van der Waals surface area contributed by atoms with Crippen LogP contribution in [-0.4, -0.2) is 48.8 Å². The molecule has 3 amide bonds.